The number of aromatic nitrogens is 1. The molecule has 0 aliphatic heterocycles. The molecule has 0 radical (unpaired) electrons. The molecule has 2 N–H and O–H groups in total. The van der Waals surface area contributed by atoms with E-state index in [0.717, 1.165) is 0 Å². The van der Waals surface area contributed by atoms with Crippen LogP contribution in [0.25, 0.3) is 0 Å². The maximum atomic E-state index is 11.9. The van der Waals surface area contributed by atoms with Gasteiger partial charge in [-0.15, -0.1) is 0 Å². The van der Waals surface area contributed by atoms with Crippen molar-refractivity contribution in [3.05, 3.63) is 29.6 Å². The summed E-state index contributed by atoms with van der Waals surface area (Å²) in [6.07, 6.45) is 0. The highest BCUT2D eigenvalue weighted by molar-refractivity contribution is 5.96. The van der Waals surface area contributed by atoms with Crippen molar-refractivity contribution in [3.63, 3.8) is 0 Å². The summed E-state index contributed by atoms with van der Waals surface area (Å²) >= 11 is 0. The number of hydrogen-bond acceptors (Lipinski definition) is 3. The summed E-state index contributed by atoms with van der Waals surface area (Å²) < 4.78 is 0. The Morgan fingerprint density at radius 3 is 1.70 bits per heavy atom. The molecule has 0 fully saturated rings. The second-order valence-electron chi connectivity index (χ2n) is 5.62. The molecule has 0 aliphatic carbocycles. The summed E-state index contributed by atoms with van der Waals surface area (Å²) in [6, 6.07) is 4.88. The average Bonchev–Trinajstić information content (AvgIpc) is 2.42. The van der Waals surface area contributed by atoms with Crippen molar-refractivity contribution >= 4 is 11.8 Å². The molecule has 1 rings (SSSR count). The number of pyridine rings is 1. The Labute approximate surface area is 120 Å². The normalized spacial score (nSPS) is 10.7. The van der Waals surface area contributed by atoms with Crippen LogP contribution >= 0.6 is 0 Å². The fourth-order valence-corrected chi connectivity index (χ4v) is 1.46. The van der Waals surface area contributed by atoms with Gasteiger partial charge in [0.2, 0.25) is 0 Å². The van der Waals surface area contributed by atoms with Crippen LogP contribution in [-0.2, 0) is 0 Å². The van der Waals surface area contributed by atoms with Gasteiger partial charge in [-0.25, -0.2) is 4.98 Å². The van der Waals surface area contributed by atoms with Gasteiger partial charge in [0.15, 0.2) is 0 Å². The maximum absolute atomic E-state index is 11.9. The van der Waals surface area contributed by atoms with E-state index in [2.05, 4.69) is 15.6 Å². The quantitative estimate of drug-likeness (QED) is 0.833. The van der Waals surface area contributed by atoms with Crippen molar-refractivity contribution in [2.75, 3.05) is 13.1 Å². The molecule has 0 unspecified atom stereocenters. The number of nitrogens with one attached hydrogen (secondary N) is 2. The SMILES string of the molecule is CC(C)CNC(=O)c1cccc(C(=O)NCC(C)C)n1. The Balaban J connectivity index is 2.70. The molecule has 0 aromatic carbocycles. The lowest BCUT2D eigenvalue weighted by Crippen LogP contribution is -2.30. The van der Waals surface area contributed by atoms with Gasteiger partial charge in [0, 0.05) is 13.1 Å². The van der Waals surface area contributed by atoms with Crippen LogP contribution < -0.4 is 10.6 Å². The van der Waals surface area contributed by atoms with E-state index in [0.29, 0.717) is 24.9 Å². The molecular weight excluding hydrogens is 254 g/mol. The zero-order chi connectivity index (χ0) is 15.1. The highest BCUT2D eigenvalue weighted by atomic mass is 16.2. The van der Waals surface area contributed by atoms with Crippen molar-refractivity contribution in [1.82, 2.24) is 15.6 Å². The second-order valence-corrected chi connectivity index (χ2v) is 5.62. The fraction of sp³-hybridized carbons (Fsp3) is 0.533. The van der Waals surface area contributed by atoms with Gasteiger partial charge >= 0.3 is 0 Å². The molecule has 1 aromatic rings. The standard InChI is InChI=1S/C15H23N3O2/c1-10(2)8-16-14(19)12-6-5-7-13(18-12)15(20)17-9-11(3)4/h5-7,10-11H,8-9H2,1-4H3,(H,16,19)(H,17,20). The number of carbonyl (C=O) groups excluding carboxylic acids is 2. The van der Waals surface area contributed by atoms with Crippen LogP contribution in [0.5, 0.6) is 0 Å². The molecule has 20 heavy (non-hydrogen) atoms. The summed E-state index contributed by atoms with van der Waals surface area (Å²) in [5, 5.41) is 5.56. The van der Waals surface area contributed by atoms with Crippen LogP contribution in [-0.4, -0.2) is 29.9 Å². The zero-order valence-electron chi connectivity index (χ0n) is 12.6. The van der Waals surface area contributed by atoms with E-state index in [1.54, 1.807) is 18.2 Å². The maximum Gasteiger partial charge on any atom is 0.269 e. The van der Waals surface area contributed by atoms with E-state index < -0.39 is 0 Å². The van der Waals surface area contributed by atoms with E-state index in [-0.39, 0.29) is 23.2 Å². The van der Waals surface area contributed by atoms with Crippen LogP contribution in [0.2, 0.25) is 0 Å². The minimum absolute atomic E-state index is 0.253. The molecule has 5 nitrogen and oxygen atoms in total. The van der Waals surface area contributed by atoms with Gasteiger partial charge in [-0.1, -0.05) is 33.8 Å². The molecule has 1 aromatic heterocycles. The zero-order valence-corrected chi connectivity index (χ0v) is 12.6. The van der Waals surface area contributed by atoms with Crippen LogP contribution in [0.4, 0.5) is 0 Å². The van der Waals surface area contributed by atoms with Crippen molar-refractivity contribution in [2.45, 2.75) is 27.7 Å². The predicted octanol–water partition coefficient (Wildman–Crippen LogP) is 1.85. The molecule has 0 saturated carbocycles. The lowest BCUT2D eigenvalue weighted by Gasteiger charge is -2.09. The topological polar surface area (TPSA) is 71.1 Å². The van der Waals surface area contributed by atoms with Gasteiger partial charge in [0.1, 0.15) is 11.4 Å². The lowest BCUT2D eigenvalue weighted by atomic mass is 10.2. The smallest absolute Gasteiger partial charge is 0.269 e. The van der Waals surface area contributed by atoms with Crippen molar-refractivity contribution in [1.29, 1.82) is 0 Å². The Kier molecular flexibility index (Phi) is 6.15. The van der Waals surface area contributed by atoms with Gasteiger partial charge in [-0.2, -0.15) is 0 Å². The third-order valence-electron chi connectivity index (χ3n) is 2.56. The van der Waals surface area contributed by atoms with E-state index >= 15 is 0 Å². The number of hydrogen-bond donors (Lipinski definition) is 2. The van der Waals surface area contributed by atoms with Gasteiger partial charge in [0.05, 0.1) is 0 Å². The first-order chi connectivity index (χ1) is 9.40. The van der Waals surface area contributed by atoms with Gasteiger partial charge in [0.25, 0.3) is 11.8 Å². The summed E-state index contributed by atoms with van der Waals surface area (Å²) in [5.41, 5.74) is 0.533. The van der Waals surface area contributed by atoms with Gasteiger partial charge < -0.3 is 10.6 Å². The molecule has 1 heterocycles. The Morgan fingerprint density at radius 2 is 1.35 bits per heavy atom. The first-order valence-corrected chi connectivity index (χ1v) is 6.93. The van der Waals surface area contributed by atoms with Crippen LogP contribution in [0.1, 0.15) is 48.7 Å². The van der Waals surface area contributed by atoms with E-state index in [1.807, 2.05) is 27.7 Å². The third kappa shape index (κ3) is 5.38. The molecule has 5 heteroatoms. The minimum atomic E-state index is -0.253. The molecule has 0 spiro atoms. The van der Waals surface area contributed by atoms with Crippen LogP contribution in [0.3, 0.4) is 0 Å². The van der Waals surface area contributed by atoms with E-state index in [9.17, 15) is 9.59 Å². The molecule has 0 atom stereocenters. The molecule has 0 saturated heterocycles. The number of nitrogens with zero attached hydrogens (tertiary/aromatic N) is 1. The second kappa shape index (κ2) is 7.62. The van der Waals surface area contributed by atoms with Crippen LogP contribution in [0, 0.1) is 11.8 Å². The first kappa shape index (κ1) is 16.1. The van der Waals surface area contributed by atoms with E-state index in [1.165, 1.54) is 0 Å². The summed E-state index contributed by atoms with van der Waals surface area (Å²) in [5.74, 6) is 0.238. The highest BCUT2D eigenvalue weighted by Crippen LogP contribution is 2.01. The fourth-order valence-electron chi connectivity index (χ4n) is 1.46. The third-order valence-corrected chi connectivity index (χ3v) is 2.56. The molecule has 2 amide bonds. The lowest BCUT2D eigenvalue weighted by molar-refractivity contribution is 0.0939. The average molecular weight is 277 g/mol. The molecule has 110 valence electrons. The molecule has 0 aliphatic rings. The Bertz CT molecular complexity index is 431. The van der Waals surface area contributed by atoms with E-state index in [4.69, 9.17) is 0 Å². The largest absolute Gasteiger partial charge is 0.350 e. The van der Waals surface area contributed by atoms with Crippen molar-refractivity contribution in [3.8, 4) is 0 Å². The monoisotopic (exact) mass is 277 g/mol. The van der Waals surface area contributed by atoms with Crippen LogP contribution in [0.15, 0.2) is 18.2 Å². The van der Waals surface area contributed by atoms with Gasteiger partial charge in [-0.05, 0) is 24.0 Å². The summed E-state index contributed by atoms with van der Waals surface area (Å²) in [4.78, 5) is 27.9. The number of carbonyl (C=O) groups is 2. The summed E-state index contributed by atoms with van der Waals surface area (Å²) in [7, 11) is 0. The molecular formula is C15H23N3O2. The van der Waals surface area contributed by atoms with Crippen molar-refractivity contribution < 1.29 is 9.59 Å². The van der Waals surface area contributed by atoms with Crippen molar-refractivity contribution in [2.24, 2.45) is 11.8 Å². The molecule has 0 bridgehead atoms. The predicted molar refractivity (Wildman–Crippen MR) is 78.6 cm³/mol. The number of amides is 2. The van der Waals surface area contributed by atoms with Gasteiger partial charge in [-0.3, -0.25) is 9.59 Å². The number of rotatable bonds is 6. The minimum Gasteiger partial charge on any atom is -0.350 e. The summed E-state index contributed by atoms with van der Waals surface area (Å²) in [6.45, 7) is 9.24. The Hall–Kier alpha value is -1.91. The highest BCUT2D eigenvalue weighted by Gasteiger charge is 2.12. The Morgan fingerprint density at radius 1 is 0.950 bits per heavy atom. The first-order valence-electron chi connectivity index (χ1n) is 6.93.